The molecule has 2 unspecified atom stereocenters. The maximum Gasteiger partial charge on any atom is 0.0685 e. The Kier molecular flexibility index (Phi) is 3.35. The second kappa shape index (κ2) is 4.98. The molecule has 1 saturated heterocycles. The quantitative estimate of drug-likeness (QED) is 0.890. The van der Waals surface area contributed by atoms with Crippen LogP contribution in [0, 0.1) is 5.92 Å². The fourth-order valence-electron chi connectivity index (χ4n) is 3.28. The molecule has 0 amide bonds. The summed E-state index contributed by atoms with van der Waals surface area (Å²) in [5.41, 5.74) is 7.69. The van der Waals surface area contributed by atoms with Gasteiger partial charge in [0.25, 0.3) is 0 Å². The van der Waals surface area contributed by atoms with E-state index >= 15 is 0 Å². The highest BCUT2D eigenvalue weighted by atomic mass is 16.5. The summed E-state index contributed by atoms with van der Waals surface area (Å²) < 4.78 is 5.96. The lowest BCUT2D eigenvalue weighted by Gasteiger charge is -2.48. The topological polar surface area (TPSA) is 48.1 Å². The average Bonchev–Trinajstić information content (AvgIpc) is 2.38. The molecule has 2 aliphatic rings. The molecular formula is C15H22N2O. The van der Waals surface area contributed by atoms with Gasteiger partial charge in [-0.1, -0.05) is 6.07 Å². The molecule has 1 spiro atoms. The van der Waals surface area contributed by atoms with Gasteiger partial charge in [-0.25, -0.2) is 0 Å². The second-order valence-electron chi connectivity index (χ2n) is 5.83. The van der Waals surface area contributed by atoms with Crippen molar-refractivity contribution in [1.29, 1.82) is 0 Å². The average molecular weight is 246 g/mol. The molecule has 1 saturated carbocycles. The lowest BCUT2D eigenvalue weighted by atomic mass is 9.70. The Morgan fingerprint density at radius 1 is 1.44 bits per heavy atom. The molecule has 2 fully saturated rings. The predicted octanol–water partition coefficient (Wildman–Crippen LogP) is 2.30. The summed E-state index contributed by atoms with van der Waals surface area (Å²) >= 11 is 0. The highest BCUT2D eigenvalue weighted by Crippen LogP contribution is 2.44. The van der Waals surface area contributed by atoms with Crippen LogP contribution in [0.5, 0.6) is 0 Å². The van der Waals surface area contributed by atoms with Gasteiger partial charge in [0.05, 0.1) is 5.60 Å². The van der Waals surface area contributed by atoms with E-state index < -0.39 is 0 Å². The van der Waals surface area contributed by atoms with Crippen LogP contribution in [0.1, 0.15) is 37.8 Å². The Balaban J connectivity index is 1.60. The summed E-state index contributed by atoms with van der Waals surface area (Å²) in [6.07, 6.45) is 8.79. The van der Waals surface area contributed by atoms with E-state index in [1.165, 1.54) is 19.3 Å². The zero-order valence-electron chi connectivity index (χ0n) is 10.8. The van der Waals surface area contributed by atoms with Gasteiger partial charge >= 0.3 is 0 Å². The molecule has 1 aromatic rings. The van der Waals surface area contributed by atoms with E-state index in [1.54, 1.807) is 0 Å². The van der Waals surface area contributed by atoms with Crippen molar-refractivity contribution in [2.24, 2.45) is 11.7 Å². The van der Waals surface area contributed by atoms with E-state index in [9.17, 15) is 0 Å². The zero-order valence-corrected chi connectivity index (χ0v) is 10.8. The minimum absolute atomic E-state index is 0.199. The summed E-state index contributed by atoms with van der Waals surface area (Å²) in [5.74, 6) is 0.598. The molecule has 0 radical (unpaired) electrons. The van der Waals surface area contributed by atoms with Crippen molar-refractivity contribution in [1.82, 2.24) is 4.98 Å². The Morgan fingerprint density at radius 3 is 3.00 bits per heavy atom. The van der Waals surface area contributed by atoms with Crippen molar-refractivity contribution < 1.29 is 4.74 Å². The first-order valence-electron chi connectivity index (χ1n) is 7.07. The molecule has 0 aromatic carbocycles. The molecule has 18 heavy (non-hydrogen) atoms. The molecule has 98 valence electrons. The molecular weight excluding hydrogens is 224 g/mol. The SMILES string of the molecule is NC(Cc1ccccn1)C1CCOC2(CCC2)C1. The summed E-state index contributed by atoms with van der Waals surface area (Å²) in [6.45, 7) is 0.889. The lowest BCUT2D eigenvalue weighted by molar-refractivity contribution is -0.145. The molecule has 2 N–H and O–H groups in total. The maximum absolute atomic E-state index is 6.38. The summed E-state index contributed by atoms with van der Waals surface area (Å²) in [6, 6.07) is 6.28. The van der Waals surface area contributed by atoms with Gasteiger partial charge in [-0.2, -0.15) is 0 Å². The minimum atomic E-state index is 0.199. The fourth-order valence-corrected chi connectivity index (χ4v) is 3.28. The largest absolute Gasteiger partial charge is 0.375 e. The molecule has 2 atom stereocenters. The smallest absolute Gasteiger partial charge is 0.0685 e. The highest BCUT2D eigenvalue weighted by Gasteiger charge is 2.43. The van der Waals surface area contributed by atoms with Crippen LogP contribution in [0.4, 0.5) is 0 Å². The monoisotopic (exact) mass is 246 g/mol. The third-order valence-corrected chi connectivity index (χ3v) is 4.57. The molecule has 1 aromatic heterocycles. The zero-order chi connectivity index (χ0) is 12.4. The predicted molar refractivity (Wildman–Crippen MR) is 71.2 cm³/mol. The first-order valence-corrected chi connectivity index (χ1v) is 7.07. The fraction of sp³-hybridized carbons (Fsp3) is 0.667. The molecule has 0 bridgehead atoms. The van der Waals surface area contributed by atoms with Gasteiger partial charge in [0.15, 0.2) is 0 Å². The number of nitrogens with zero attached hydrogens (tertiary/aromatic N) is 1. The highest BCUT2D eigenvalue weighted by molar-refractivity contribution is 5.06. The lowest BCUT2D eigenvalue weighted by Crippen LogP contribution is -2.49. The number of nitrogens with two attached hydrogens (primary N) is 1. The number of aromatic nitrogens is 1. The van der Waals surface area contributed by atoms with Crippen LogP contribution in [0.25, 0.3) is 0 Å². The molecule has 1 aliphatic carbocycles. The summed E-state index contributed by atoms with van der Waals surface area (Å²) in [5, 5.41) is 0. The second-order valence-corrected chi connectivity index (χ2v) is 5.83. The van der Waals surface area contributed by atoms with Gasteiger partial charge in [0.2, 0.25) is 0 Å². The maximum atomic E-state index is 6.38. The van der Waals surface area contributed by atoms with Crippen LogP contribution in [0.2, 0.25) is 0 Å². The van der Waals surface area contributed by atoms with E-state index in [0.717, 1.165) is 31.6 Å². The van der Waals surface area contributed by atoms with Gasteiger partial charge < -0.3 is 10.5 Å². The summed E-state index contributed by atoms with van der Waals surface area (Å²) in [7, 11) is 0. The van der Waals surface area contributed by atoms with Crippen molar-refractivity contribution in [3.05, 3.63) is 30.1 Å². The van der Waals surface area contributed by atoms with Gasteiger partial charge in [0, 0.05) is 31.0 Å². The van der Waals surface area contributed by atoms with E-state index in [1.807, 2.05) is 18.3 Å². The van der Waals surface area contributed by atoms with Gasteiger partial charge in [-0.15, -0.1) is 0 Å². The van der Waals surface area contributed by atoms with Gasteiger partial charge in [-0.3, -0.25) is 4.98 Å². The van der Waals surface area contributed by atoms with Crippen molar-refractivity contribution in [2.75, 3.05) is 6.61 Å². The number of hydrogen-bond donors (Lipinski definition) is 1. The first kappa shape index (κ1) is 12.1. The van der Waals surface area contributed by atoms with Crippen LogP contribution >= 0.6 is 0 Å². The van der Waals surface area contributed by atoms with E-state index in [0.29, 0.717) is 5.92 Å². The minimum Gasteiger partial charge on any atom is -0.375 e. The van der Waals surface area contributed by atoms with Crippen LogP contribution in [-0.2, 0) is 11.2 Å². The molecule has 3 nitrogen and oxygen atoms in total. The first-order chi connectivity index (χ1) is 8.77. The number of hydrogen-bond acceptors (Lipinski definition) is 3. The Hall–Kier alpha value is -0.930. The van der Waals surface area contributed by atoms with E-state index in [-0.39, 0.29) is 11.6 Å². The van der Waals surface area contributed by atoms with Crippen LogP contribution < -0.4 is 5.73 Å². The van der Waals surface area contributed by atoms with E-state index in [2.05, 4.69) is 11.1 Å². The molecule has 3 heteroatoms. The number of rotatable bonds is 3. The van der Waals surface area contributed by atoms with Crippen molar-refractivity contribution in [3.8, 4) is 0 Å². The molecule has 3 rings (SSSR count). The number of pyridine rings is 1. The standard InChI is InChI=1S/C15H22N2O/c16-14(10-13-4-1-2-8-17-13)12-5-9-18-15(11-12)6-3-7-15/h1-2,4,8,12,14H,3,5-7,9-11,16H2. The Morgan fingerprint density at radius 2 is 2.33 bits per heavy atom. The third-order valence-electron chi connectivity index (χ3n) is 4.57. The Labute approximate surface area is 109 Å². The number of ether oxygens (including phenoxy) is 1. The van der Waals surface area contributed by atoms with E-state index in [4.69, 9.17) is 10.5 Å². The van der Waals surface area contributed by atoms with Crippen LogP contribution in [-0.4, -0.2) is 23.2 Å². The molecule has 1 aliphatic heterocycles. The van der Waals surface area contributed by atoms with Gasteiger partial charge in [0.1, 0.15) is 0 Å². The van der Waals surface area contributed by atoms with Crippen molar-refractivity contribution in [3.63, 3.8) is 0 Å². The Bertz CT molecular complexity index is 389. The normalized spacial score (nSPS) is 27.7. The van der Waals surface area contributed by atoms with Gasteiger partial charge in [-0.05, 0) is 50.2 Å². The van der Waals surface area contributed by atoms with Crippen molar-refractivity contribution >= 4 is 0 Å². The van der Waals surface area contributed by atoms with Crippen LogP contribution in [0.15, 0.2) is 24.4 Å². The van der Waals surface area contributed by atoms with Crippen molar-refractivity contribution in [2.45, 2.75) is 50.2 Å². The molecule has 2 heterocycles. The van der Waals surface area contributed by atoms with Crippen LogP contribution in [0.3, 0.4) is 0 Å². The summed E-state index contributed by atoms with van der Waals surface area (Å²) in [4.78, 5) is 4.37. The third kappa shape index (κ3) is 2.43.